The van der Waals surface area contributed by atoms with Gasteiger partial charge in [0.15, 0.2) is 5.54 Å². The van der Waals surface area contributed by atoms with Crippen LogP contribution in [0.4, 0.5) is 4.79 Å². The highest BCUT2D eigenvalue weighted by Crippen LogP contribution is 2.20. The highest BCUT2D eigenvalue weighted by atomic mass is 16.2. The van der Waals surface area contributed by atoms with Crippen molar-refractivity contribution in [1.29, 1.82) is 0 Å². The fraction of sp³-hybridized carbons (Fsp3) is 0.250. The molecule has 2 heterocycles. The maximum atomic E-state index is 11.6. The first-order chi connectivity index (χ1) is 7.19. The molecule has 15 heavy (non-hydrogen) atoms. The Balaban J connectivity index is 2.47. The van der Waals surface area contributed by atoms with Gasteiger partial charge < -0.3 is 11.1 Å². The normalized spacial score (nSPS) is 24.9. The van der Waals surface area contributed by atoms with Gasteiger partial charge in [-0.2, -0.15) is 10.2 Å². The Hall–Kier alpha value is -2.02. The quantitative estimate of drug-likeness (QED) is 0.509. The number of nitrogens with one attached hydrogen (secondary N) is 2. The molecule has 78 valence electrons. The first kappa shape index (κ1) is 9.53. The summed E-state index contributed by atoms with van der Waals surface area (Å²) in [4.78, 5) is 22.7. The summed E-state index contributed by atoms with van der Waals surface area (Å²) in [5, 5.41) is 12.0. The lowest BCUT2D eigenvalue weighted by molar-refractivity contribution is -0.124. The maximum absolute atomic E-state index is 11.6. The van der Waals surface area contributed by atoms with Crippen LogP contribution in [0.2, 0.25) is 0 Å². The summed E-state index contributed by atoms with van der Waals surface area (Å²) in [7, 11) is 0. The van der Waals surface area contributed by atoms with Crippen molar-refractivity contribution in [1.82, 2.24) is 20.8 Å². The predicted octanol–water partition coefficient (Wildman–Crippen LogP) is -1.53. The molecule has 0 aliphatic carbocycles. The molecule has 0 radical (unpaired) electrons. The van der Waals surface area contributed by atoms with Crippen LogP contribution in [-0.4, -0.2) is 28.7 Å². The van der Waals surface area contributed by atoms with Crippen molar-refractivity contribution in [2.45, 2.75) is 5.54 Å². The van der Waals surface area contributed by atoms with E-state index in [1.54, 1.807) is 12.1 Å². The van der Waals surface area contributed by atoms with E-state index in [1.807, 2.05) is 0 Å². The number of hydrogen-bond acceptors (Lipinski definition) is 5. The van der Waals surface area contributed by atoms with Crippen LogP contribution < -0.4 is 16.4 Å². The summed E-state index contributed by atoms with van der Waals surface area (Å²) in [5.41, 5.74) is 4.55. The number of aromatic nitrogens is 2. The van der Waals surface area contributed by atoms with E-state index in [4.69, 9.17) is 5.73 Å². The first-order valence-electron chi connectivity index (χ1n) is 4.31. The SMILES string of the molecule is NC[C@]1(c2cccnn2)NC(=O)NC1=O. The molecule has 0 saturated carbocycles. The van der Waals surface area contributed by atoms with Crippen LogP contribution in [0.25, 0.3) is 0 Å². The average Bonchev–Trinajstić information content (AvgIpc) is 2.56. The molecule has 1 aromatic heterocycles. The number of carbonyl (C=O) groups is 2. The molecule has 1 aliphatic heterocycles. The number of carbonyl (C=O) groups excluding carboxylic acids is 2. The van der Waals surface area contributed by atoms with E-state index in [1.165, 1.54) is 6.20 Å². The van der Waals surface area contributed by atoms with E-state index >= 15 is 0 Å². The van der Waals surface area contributed by atoms with Gasteiger partial charge in [0, 0.05) is 12.7 Å². The zero-order valence-electron chi connectivity index (χ0n) is 7.73. The number of rotatable bonds is 2. The molecule has 7 nitrogen and oxygen atoms in total. The smallest absolute Gasteiger partial charge is 0.322 e. The third-order valence-corrected chi connectivity index (χ3v) is 2.26. The Morgan fingerprint density at radius 2 is 2.27 bits per heavy atom. The molecule has 1 atom stereocenters. The minimum atomic E-state index is -1.29. The molecule has 1 saturated heterocycles. The average molecular weight is 207 g/mol. The third kappa shape index (κ3) is 1.33. The van der Waals surface area contributed by atoms with Gasteiger partial charge in [0.05, 0.1) is 5.69 Å². The molecule has 3 amide bonds. The Labute approximate surface area is 85.1 Å². The van der Waals surface area contributed by atoms with Gasteiger partial charge in [-0.25, -0.2) is 4.79 Å². The van der Waals surface area contributed by atoms with Crippen molar-refractivity contribution in [2.75, 3.05) is 6.54 Å². The van der Waals surface area contributed by atoms with E-state index in [0.29, 0.717) is 5.69 Å². The molecule has 7 heteroatoms. The summed E-state index contributed by atoms with van der Waals surface area (Å²) in [5.74, 6) is -0.504. The number of nitrogens with zero attached hydrogens (tertiary/aromatic N) is 2. The van der Waals surface area contributed by atoms with Gasteiger partial charge in [-0.1, -0.05) is 0 Å². The van der Waals surface area contributed by atoms with Crippen LogP contribution in [0.3, 0.4) is 0 Å². The van der Waals surface area contributed by atoms with Gasteiger partial charge in [-0.05, 0) is 12.1 Å². The summed E-state index contributed by atoms with van der Waals surface area (Å²) in [6.45, 7) is -0.0662. The van der Waals surface area contributed by atoms with Crippen LogP contribution in [0, 0.1) is 0 Å². The van der Waals surface area contributed by atoms with Crippen molar-refractivity contribution in [2.24, 2.45) is 5.73 Å². The minimum absolute atomic E-state index is 0.0662. The molecular weight excluding hydrogens is 198 g/mol. The fourth-order valence-corrected chi connectivity index (χ4v) is 1.45. The second kappa shape index (κ2) is 3.28. The Bertz CT molecular complexity index is 407. The lowest BCUT2D eigenvalue weighted by Gasteiger charge is -2.22. The lowest BCUT2D eigenvalue weighted by Crippen LogP contribution is -2.50. The van der Waals surface area contributed by atoms with Crippen LogP contribution >= 0.6 is 0 Å². The molecule has 0 unspecified atom stereocenters. The minimum Gasteiger partial charge on any atom is -0.327 e. The molecule has 4 N–H and O–H groups in total. The van der Waals surface area contributed by atoms with E-state index in [0.717, 1.165) is 0 Å². The molecule has 1 aromatic rings. The third-order valence-electron chi connectivity index (χ3n) is 2.26. The molecule has 0 spiro atoms. The van der Waals surface area contributed by atoms with Crippen molar-refractivity contribution < 1.29 is 9.59 Å². The summed E-state index contributed by atoms with van der Waals surface area (Å²) < 4.78 is 0. The number of hydrogen-bond donors (Lipinski definition) is 3. The summed E-state index contributed by atoms with van der Waals surface area (Å²) in [6, 6.07) is 2.64. The monoisotopic (exact) mass is 207 g/mol. The highest BCUT2D eigenvalue weighted by Gasteiger charge is 2.48. The van der Waals surface area contributed by atoms with Crippen LogP contribution in [0.1, 0.15) is 5.69 Å². The highest BCUT2D eigenvalue weighted by molar-refractivity contribution is 6.07. The van der Waals surface area contributed by atoms with Crippen molar-refractivity contribution in [3.63, 3.8) is 0 Å². The zero-order valence-corrected chi connectivity index (χ0v) is 7.73. The number of nitrogens with two attached hydrogens (primary N) is 1. The van der Waals surface area contributed by atoms with Gasteiger partial charge in [-0.3, -0.25) is 10.1 Å². The molecule has 1 fully saturated rings. The molecule has 2 rings (SSSR count). The van der Waals surface area contributed by atoms with Crippen LogP contribution in [0.15, 0.2) is 18.3 Å². The second-order valence-electron chi connectivity index (χ2n) is 3.13. The molecule has 1 aliphatic rings. The standard InChI is InChI=1S/C8H9N5O2/c9-4-8(5-2-1-3-10-13-5)6(14)11-7(15)12-8/h1-3H,4,9H2,(H2,11,12,14,15)/t8-/m1/s1. The lowest BCUT2D eigenvalue weighted by atomic mass is 9.95. The van der Waals surface area contributed by atoms with Gasteiger partial charge in [0.1, 0.15) is 0 Å². The second-order valence-corrected chi connectivity index (χ2v) is 3.13. The number of amides is 3. The van der Waals surface area contributed by atoms with Crippen molar-refractivity contribution >= 4 is 11.9 Å². The molecular formula is C8H9N5O2. The van der Waals surface area contributed by atoms with Crippen LogP contribution in [-0.2, 0) is 10.3 Å². The van der Waals surface area contributed by atoms with Gasteiger partial charge in [0.25, 0.3) is 5.91 Å². The first-order valence-corrected chi connectivity index (χ1v) is 4.31. The Kier molecular flexibility index (Phi) is 2.09. The van der Waals surface area contributed by atoms with Gasteiger partial charge in [0.2, 0.25) is 0 Å². The zero-order chi connectivity index (χ0) is 10.9. The molecule has 0 bridgehead atoms. The Morgan fingerprint density at radius 3 is 2.73 bits per heavy atom. The van der Waals surface area contributed by atoms with Gasteiger partial charge in [-0.15, -0.1) is 0 Å². The Morgan fingerprint density at radius 1 is 1.47 bits per heavy atom. The van der Waals surface area contributed by atoms with Crippen LogP contribution in [0.5, 0.6) is 0 Å². The van der Waals surface area contributed by atoms with Gasteiger partial charge >= 0.3 is 6.03 Å². The predicted molar refractivity (Wildman–Crippen MR) is 49.4 cm³/mol. The number of urea groups is 1. The van der Waals surface area contributed by atoms with E-state index < -0.39 is 17.5 Å². The van der Waals surface area contributed by atoms with E-state index in [9.17, 15) is 9.59 Å². The molecule has 0 aromatic carbocycles. The fourth-order valence-electron chi connectivity index (χ4n) is 1.45. The number of imide groups is 1. The topological polar surface area (TPSA) is 110 Å². The van der Waals surface area contributed by atoms with E-state index in [2.05, 4.69) is 20.8 Å². The summed E-state index contributed by atoms with van der Waals surface area (Å²) >= 11 is 0. The van der Waals surface area contributed by atoms with Crippen molar-refractivity contribution in [3.8, 4) is 0 Å². The maximum Gasteiger partial charge on any atom is 0.322 e. The van der Waals surface area contributed by atoms with Crippen molar-refractivity contribution in [3.05, 3.63) is 24.0 Å². The van der Waals surface area contributed by atoms with E-state index in [-0.39, 0.29) is 6.54 Å². The largest absolute Gasteiger partial charge is 0.327 e. The summed E-state index contributed by atoms with van der Waals surface area (Å²) in [6.07, 6.45) is 1.47.